The average Bonchev–Trinajstić information content (AvgIpc) is 3.37. The summed E-state index contributed by atoms with van der Waals surface area (Å²) in [5.41, 5.74) is 5.00. The third kappa shape index (κ3) is 6.47. The maximum Gasteiger partial charge on any atom is 0.250 e. The molecular weight excluding hydrogens is 490 g/mol. The number of hydrazone groups is 1. The Morgan fingerprint density at radius 2 is 1.76 bits per heavy atom. The van der Waals surface area contributed by atoms with Crippen molar-refractivity contribution in [1.29, 1.82) is 0 Å². The molecule has 4 aromatic rings. The quantitative estimate of drug-likeness (QED) is 0.176. The van der Waals surface area contributed by atoms with E-state index in [1.165, 1.54) is 18.0 Å². The van der Waals surface area contributed by atoms with Crippen LogP contribution in [0.25, 0.3) is 17.1 Å². The highest BCUT2D eigenvalue weighted by Gasteiger charge is 2.17. The molecule has 0 saturated heterocycles. The number of amides is 1. The number of rotatable bonds is 11. The molecule has 0 atom stereocenters. The molecule has 1 heterocycles. The van der Waals surface area contributed by atoms with Gasteiger partial charge in [0.05, 0.1) is 32.8 Å². The van der Waals surface area contributed by atoms with E-state index in [9.17, 15) is 4.79 Å². The van der Waals surface area contributed by atoms with Crippen LogP contribution in [0, 0.1) is 0 Å². The van der Waals surface area contributed by atoms with Crippen molar-refractivity contribution in [3.8, 4) is 34.3 Å². The van der Waals surface area contributed by atoms with Crippen LogP contribution in [0.4, 0.5) is 0 Å². The van der Waals surface area contributed by atoms with Crippen molar-refractivity contribution in [3.63, 3.8) is 0 Å². The van der Waals surface area contributed by atoms with Crippen LogP contribution < -0.4 is 19.6 Å². The summed E-state index contributed by atoms with van der Waals surface area (Å²) in [4.78, 5) is 12.5. The molecule has 0 spiro atoms. The smallest absolute Gasteiger partial charge is 0.250 e. The summed E-state index contributed by atoms with van der Waals surface area (Å²) >= 11 is 1.27. The van der Waals surface area contributed by atoms with E-state index in [1.54, 1.807) is 32.4 Å². The number of nitrogens with zero attached hydrogens (tertiary/aromatic N) is 4. The Balaban J connectivity index is 1.50. The Morgan fingerprint density at radius 1 is 1.00 bits per heavy atom. The minimum atomic E-state index is -0.286. The summed E-state index contributed by atoms with van der Waals surface area (Å²) in [7, 11) is 3.15. The fourth-order valence-corrected chi connectivity index (χ4v) is 4.25. The summed E-state index contributed by atoms with van der Waals surface area (Å²) in [6.07, 6.45) is 1.51. The van der Waals surface area contributed by atoms with E-state index < -0.39 is 0 Å². The van der Waals surface area contributed by atoms with Gasteiger partial charge in [-0.3, -0.25) is 9.36 Å². The molecule has 0 fully saturated rings. The molecular formula is C27H27N5O4S. The van der Waals surface area contributed by atoms with Gasteiger partial charge in [0.15, 0.2) is 11.0 Å². The molecule has 10 heteroatoms. The molecule has 0 aliphatic carbocycles. The van der Waals surface area contributed by atoms with Gasteiger partial charge >= 0.3 is 0 Å². The number of nitrogens with one attached hydrogen (secondary N) is 1. The SMILES string of the molecule is CCOc1ccc(-n2c(SCC(=O)N/N=C/c3cc(OC)ccc3OC)nnc2-c2ccccc2)cc1. The number of ether oxygens (including phenoxy) is 3. The largest absolute Gasteiger partial charge is 0.497 e. The molecule has 4 rings (SSSR count). The van der Waals surface area contributed by atoms with Gasteiger partial charge in [-0.2, -0.15) is 5.10 Å². The molecule has 0 saturated carbocycles. The number of carbonyl (C=O) groups excluding carboxylic acids is 1. The van der Waals surface area contributed by atoms with E-state index in [1.807, 2.05) is 66.1 Å². The van der Waals surface area contributed by atoms with Gasteiger partial charge < -0.3 is 14.2 Å². The normalized spacial score (nSPS) is 10.9. The lowest BCUT2D eigenvalue weighted by atomic mass is 10.2. The van der Waals surface area contributed by atoms with E-state index in [0.717, 1.165) is 17.0 Å². The number of hydrogen-bond acceptors (Lipinski definition) is 8. The number of benzene rings is 3. The van der Waals surface area contributed by atoms with Crippen LogP contribution in [0.2, 0.25) is 0 Å². The maximum atomic E-state index is 12.5. The molecule has 1 amide bonds. The van der Waals surface area contributed by atoms with E-state index in [2.05, 4.69) is 20.7 Å². The van der Waals surface area contributed by atoms with Crippen molar-refractivity contribution >= 4 is 23.9 Å². The predicted octanol–water partition coefficient (Wildman–Crippen LogP) is 4.59. The van der Waals surface area contributed by atoms with Crippen LogP contribution in [-0.2, 0) is 4.79 Å². The van der Waals surface area contributed by atoms with Crippen LogP contribution in [0.15, 0.2) is 83.1 Å². The Hall–Kier alpha value is -4.31. The first-order valence-corrected chi connectivity index (χ1v) is 12.5. The van der Waals surface area contributed by atoms with E-state index >= 15 is 0 Å². The molecule has 190 valence electrons. The summed E-state index contributed by atoms with van der Waals surface area (Å²) in [6, 6.07) is 22.8. The molecule has 37 heavy (non-hydrogen) atoms. The Labute approximate surface area is 219 Å². The molecule has 0 unspecified atom stereocenters. The molecule has 0 radical (unpaired) electrons. The standard InChI is InChI=1S/C27H27N5O4S/c1-4-36-22-12-10-21(11-13-22)32-26(19-8-6-5-7-9-19)30-31-27(32)37-18-25(33)29-28-17-20-16-23(34-2)14-15-24(20)35-3/h5-17H,4,18H2,1-3H3,(H,29,33)/b28-17+. The first-order chi connectivity index (χ1) is 18.1. The number of thioether (sulfide) groups is 1. The lowest BCUT2D eigenvalue weighted by Crippen LogP contribution is -2.20. The number of methoxy groups -OCH3 is 2. The highest BCUT2D eigenvalue weighted by Crippen LogP contribution is 2.29. The van der Waals surface area contributed by atoms with E-state index in [4.69, 9.17) is 14.2 Å². The summed E-state index contributed by atoms with van der Waals surface area (Å²) < 4.78 is 18.1. The van der Waals surface area contributed by atoms with Crippen LogP contribution in [0.1, 0.15) is 12.5 Å². The molecule has 0 bridgehead atoms. The van der Waals surface area contributed by atoms with Crippen LogP contribution in [0.5, 0.6) is 17.2 Å². The van der Waals surface area contributed by atoms with E-state index in [-0.39, 0.29) is 11.7 Å². The lowest BCUT2D eigenvalue weighted by molar-refractivity contribution is -0.118. The van der Waals surface area contributed by atoms with Crippen molar-refractivity contribution < 1.29 is 19.0 Å². The van der Waals surface area contributed by atoms with Crippen molar-refractivity contribution in [3.05, 3.63) is 78.4 Å². The third-order valence-corrected chi connectivity index (χ3v) is 6.16. The Morgan fingerprint density at radius 3 is 2.46 bits per heavy atom. The Kier molecular flexibility index (Phi) is 8.77. The molecule has 3 aromatic carbocycles. The van der Waals surface area contributed by atoms with Gasteiger partial charge in [0.2, 0.25) is 0 Å². The fourth-order valence-electron chi connectivity index (χ4n) is 3.50. The second kappa shape index (κ2) is 12.6. The Bertz CT molecular complexity index is 1360. The summed E-state index contributed by atoms with van der Waals surface area (Å²) in [6.45, 7) is 2.53. The summed E-state index contributed by atoms with van der Waals surface area (Å²) in [5, 5.41) is 13.4. The monoisotopic (exact) mass is 517 g/mol. The maximum absolute atomic E-state index is 12.5. The molecule has 1 aromatic heterocycles. The molecule has 1 N–H and O–H groups in total. The van der Waals surface area contributed by atoms with Gasteiger partial charge in [-0.05, 0) is 49.4 Å². The number of carbonyl (C=O) groups is 1. The third-order valence-electron chi connectivity index (χ3n) is 5.23. The predicted molar refractivity (Wildman–Crippen MR) is 144 cm³/mol. The van der Waals surface area contributed by atoms with Crippen LogP contribution in [-0.4, -0.2) is 53.5 Å². The van der Waals surface area contributed by atoms with Gasteiger partial charge in [-0.1, -0.05) is 42.1 Å². The zero-order chi connectivity index (χ0) is 26.0. The van der Waals surface area contributed by atoms with Crippen molar-refractivity contribution in [1.82, 2.24) is 20.2 Å². The van der Waals surface area contributed by atoms with Gasteiger partial charge in [-0.25, -0.2) is 5.43 Å². The van der Waals surface area contributed by atoms with Crippen molar-refractivity contribution in [2.45, 2.75) is 12.1 Å². The van der Waals surface area contributed by atoms with Gasteiger partial charge in [-0.15, -0.1) is 10.2 Å². The number of aromatic nitrogens is 3. The zero-order valence-corrected chi connectivity index (χ0v) is 21.6. The highest BCUT2D eigenvalue weighted by atomic mass is 32.2. The van der Waals surface area contributed by atoms with Crippen molar-refractivity contribution in [2.75, 3.05) is 26.6 Å². The van der Waals surface area contributed by atoms with Gasteiger partial charge in [0.25, 0.3) is 5.91 Å². The fraction of sp³-hybridized carbons (Fsp3) is 0.185. The lowest BCUT2D eigenvalue weighted by Gasteiger charge is -2.11. The van der Waals surface area contributed by atoms with Gasteiger partial charge in [0.1, 0.15) is 17.2 Å². The van der Waals surface area contributed by atoms with Crippen LogP contribution >= 0.6 is 11.8 Å². The number of hydrogen-bond donors (Lipinski definition) is 1. The second-order valence-corrected chi connectivity index (χ2v) is 8.57. The molecule has 9 nitrogen and oxygen atoms in total. The van der Waals surface area contributed by atoms with Crippen LogP contribution in [0.3, 0.4) is 0 Å². The molecule has 0 aliphatic heterocycles. The average molecular weight is 518 g/mol. The first-order valence-electron chi connectivity index (χ1n) is 11.5. The highest BCUT2D eigenvalue weighted by molar-refractivity contribution is 7.99. The van der Waals surface area contributed by atoms with Gasteiger partial charge in [0, 0.05) is 16.8 Å². The summed E-state index contributed by atoms with van der Waals surface area (Å²) in [5.74, 6) is 2.54. The minimum absolute atomic E-state index is 0.0938. The second-order valence-electron chi connectivity index (χ2n) is 7.62. The molecule has 0 aliphatic rings. The van der Waals surface area contributed by atoms with E-state index in [0.29, 0.717) is 34.7 Å². The first kappa shape index (κ1) is 25.8. The van der Waals surface area contributed by atoms with Crippen molar-refractivity contribution in [2.24, 2.45) is 5.10 Å². The minimum Gasteiger partial charge on any atom is -0.497 e. The topological polar surface area (TPSA) is 99.9 Å². The zero-order valence-electron chi connectivity index (χ0n) is 20.7.